The lowest BCUT2D eigenvalue weighted by Crippen LogP contribution is -2.55. The van der Waals surface area contributed by atoms with Crippen molar-refractivity contribution in [3.63, 3.8) is 0 Å². The summed E-state index contributed by atoms with van der Waals surface area (Å²) in [6, 6.07) is 7.70. The number of aryl methyl sites for hydroxylation is 1. The molecule has 2 N–H and O–H groups in total. The van der Waals surface area contributed by atoms with Crippen LogP contribution in [0.5, 0.6) is 0 Å². The van der Waals surface area contributed by atoms with Gasteiger partial charge in [-0.1, -0.05) is 49.6 Å². The molecule has 0 bridgehead atoms. The molecule has 0 spiro atoms. The van der Waals surface area contributed by atoms with E-state index in [0.29, 0.717) is 19.3 Å². The first-order valence-electron chi connectivity index (χ1n) is 11.3. The molecule has 4 unspecified atom stereocenters. The number of fused-ring (bicyclic) bond motifs is 1. The van der Waals surface area contributed by atoms with Gasteiger partial charge in [0.05, 0.1) is 13.2 Å². The maximum absolute atomic E-state index is 13.4. The van der Waals surface area contributed by atoms with Gasteiger partial charge in [-0.2, -0.15) is 0 Å². The molecule has 1 aromatic rings. The molecule has 0 radical (unpaired) electrons. The minimum absolute atomic E-state index is 0.0266. The molecule has 1 aliphatic heterocycles. The molecule has 1 heterocycles. The number of carboxylic acids is 1. The number of likely N-dealkylation sites (tertiary alicyclic amines) is 1. The fourth-order valence-corrected chi connectivity index (χ4v) is 5.14. The van der Waals surface area contributed by atoms with Crippen LogP contribution in [0.25, 0.3) is 0 Å². The molecule has 1 aromatic carbocycles. The van der Waals surface area contributed by atoms with E-state index in [1.807, 2.05) is 30.3 Å². The van der Waals surface area contributed by atoms with Crippen LogP contribution in [-0.4, -0.2) is 59.1 Å². The highest BCUT2D eigenvalue weighted by atomic mass is 16.5. The molecule has 31 heavy (non-hydrogen) atoms. The second-order valence-electron chi connectivity index (χ2n) is 8.79. The van der Waals surface area contributed by atoms with Crippen LogP contribution in [0.3, 0.4) is 0 Å². The Hall–Kier alpha value is -2.41. The number of carboxylic acid groups (broad SMARTS) is 1. The number of carbonyl (C=O) groups is 3. The number of nitrogens with one attached hydrogen (secondary N) is 1. The van der Waals surface area contributed by atoms with Gasteiger partial charge in [-0.25, -0.2) is 4.79 Å². The topological polar surface area (TPSA) is 95.9 Å². The number of nitrogens with zero attached hydrogens (tertiary/aromatic N) is 1. The van der Waals surface area contributed by atoms with Gasteiger partial charge in [-0.05, 0) is 50.5 Å². The highest BCUT2D eigenvalue weighted by Gasteiger charge is 2.48. The first-order valence-corrected chi connectivity index (χ1v) is 11.3. The van der Waals surface area contributed by atoms with Gasteiger partial charge in [0.2, 0.25) is 5.91 Å². The molecule has 7 nitrogen and oxygen atoms in total. The largest absolute Gasteiger partial charge is 0.480 e. The monoisotopic (exact) mass is 430 g/mol. The predicted molar refractivity (Wildman–Crippen MR) is 116 cm³/mol. The van der Waals surface area contributed by atoms with E-state index in [-0.39, 0.29) is 17.9 Å². The van der Waals surface area contributed by atoms with E-state index >= 15 is 0 Å². The first kappa shape index (κ1) is 23.3. The number of hydrogen-bond donors (Lipinski definition) is 2. The summed E-state index contributed by atoms with van der Waals surface area (Å²) >= 11 is 0. The lowest BCUT2D eigenvalue weighted by molar-refractivity contribution is -0.151. The maximum atomic E-state index is 13.4. The van der Waals surface area contributed by atoms with E-state index in [2.05, 4.69) is 5.32 Å². The smallest absolute Gasteiger partial charge is 0.326 e. The van der Waals surface area contributed by atoms with Crippen molar-refractivity contribution in [3.8, 4) is 0 Å². The number of amides is 1. The summed E-state index contributed by atoms with van der Waals surface area (Å²) in [6.45, 7) is 1.71. The molecule has 2 fully saturated rings. The van der Waals surface area contributed by atoms with E-state index < -0.39 is 30.1 Å². The highest BCUT2D eigenvalue weighted by molar-refractivity contribution is 5.88. The quantitative estimate of drug-likeness (QED) is 0.616. The van der Waals surface area contributed by atoms with E-state index in [4.69, 9.17) is 4.74 Å². The number of aliphatic carboxylic acids is 1. The van der Waals surface area contributed by atoms with Gasteiger partial charge in [0.15, 0.2) is 0 Å². The molecular formula is C24H34N2O5. The Morgan fingerprint density at radius 1 is 1.16 bits per heavy atom. The number of carbonyl (C=O) groups excluding carboxylic acids is 2. The van der Waals surface area contributed by atoms with Gasteiger partial charge < -0.3 is 14.7 Å². The van der Waals surface area contributed by atoms with Crippen molar-refractivity contribution in [2.24, 2.45) is 5.92 Å². The van der Waals surface area contributed by atoms with Crippen molar-refractivity contribution in [3.05, 3.63) is 35.9 Å². The normalized spacial score (nSPS) is 25.2. The zero-order valence-corrected chi connectivity index (χ0v) is 18.5. The Kier molecular flexibility index (Phi) is 8.07. The summed E-state index contributed by atoms with van der Waals surface area (Å²) in [5.74, 6) is -1.36. The molecule has 1 aliphatic carbocycles. The van der Waals surface area contributed by atoms with Gasteiger partial charge in [-0.15, -0.1) is 0 Å². The van der Waals surface area contributed by atoms with Gasteiger partial charge >= 0.3 is 11.9 Å². The van der Waals surface area contributed by atoms with Gasteiger partial charge in [-0.3, -0.25) is 14.9 Å². The van der Waals surface area contributed by atoms with E-state index in [0.717, 1.165) is 37.7 Å². The van der Waals surface area contributed by atoms with Gasteiger partial charge in [0.25, 0.3) is 0 Å². The number of methoxy groups -OCH3 is 1. The fraction of sp³-hybridized carbons (Fsp3) is 0.625. The van der Waals surface area contributed by atoms with E-state index in [1.54, 1.807) is 11.8 Å². The third kappa shape index (κ3) is 5.64. The predicted octanol–water partition coefficient (Wildman–Crippen LogP) is 2.77. The summed E-state index contributed by atoms with van der Waals surface area (Å²) in [7, 11) is 1.34. The summed E-state index contributed by atoms with van der Waals surface area (Å²) in [5, 5.41) is 12.9. The number of esters is 1. The molecular weight excluding hydrogens is 396 g/mol. The second-order valence-corrected chi connectivity index (χ2v) is 8.79. The fourth-order valence-electron chi connectivity index (χ4n) is 5.14. The van der Waals surface area contributed by atoms with Crippen LogP contribution < -0.4 is 5.32 Å². The Morgan fingerprint density at radius 3 is 2.55 bits per heavy atom. The van der Waals surface area contributed by atoms with Crippen LogP contribution in [0.15, 0.2) is 30.3 Å². The summed E-state index contributed by atoms with van der Waals surface area (Å²) in [4.78, 5) is 39.3. The molecule has 5 atom stereocenters. The van der Waals surface area contributed by atoms with Crippen LogP contribution in [0.2, 0.25) is 0 Å². The van der Waals surface area contributed by atoms with E-state index in [1.165, 1.54) is 7.11 Å². The molecule has 1 amide bonds. The summed E-state index contributed by atoms with van der Waals surface area (Å²) in [5.41, 5.74) is 1.10. The lowest BCUT2D eigenvalue weighted by Gasteiger charge is -2.33. The van der Waals surface area contributed by atoms with Crippen molar-refractivity contribution in [1.29, 1.82) is 0 Å². The third-order valence-corrected chi connectivity index (χ3v) is 6.75. The lowest BCUT2D eigenvalue weighted by atomic mass is 9.94. The van der Waals surface area contributed by atoms with E-state index in [9.17, 15) is 19.5 Å². The van der Waals surface area contributed by atoms with Crippen molar-refractivity contribution < 1.29 is 24.2 Å². The first-order chi connectivity index (χ1) is 14.9. The Balaban J connectivity index is 1.70. The minimum Gasteiger partial charge on any atom is -0.480 e. The molecule has 2 aliphatic rings. The van der Waals surface area contributed by atoms with Crippen molar-refractivity contribution in [2.45, 2.75) is 82.5 Å². The average Bonchev–Trinajstić information content (AvgIpc) is 2.98. The number of rotatable bonds is 8. The maximum Gasteiger partial charge on any atom is 0.326 e. The molecule has 3 rings (SSSR count). The van der Waals surface area contributed by atoms with Crippen molar-refractivity contribution in [2.75, 3.05) is 7.11 Å². The van der Waals surface area contributed by atoms with Crippen LogP contribution in [0.4, 0.5) is 0 Å². The van der Waals surface area contributed by atoms with Crippen molar-refractivity contribution in [1.82, 2.24) is 10.2 Å². The van der Waals surface area contributed by atoms with Crippen molar-refractivity contribution >= 4 is 17.8 Å². The Labute approximate surface area is 184 Å². The molecule has 170 valence electrons. The molecule has 0 aromatic heterocycles. The summed E-state index contributed by atoms with van der Waals surface area (Å²) in [6.07, 6.45) is 6.73. The number of ether oxygens (including phenoxy) is 1. The number of hydrogen-bond acceptors (Lipinski definition) is 5. The summed E-state index contributed by atoms with van der Waals surface area (Å²) < 4.78 is 4.95. The highest BCUT2D eigenvalue weighted by Crippen LogP contribution is 2.39. The standard InChI is InChI=1S/C24H34N2O5/c1-16(25-19(24(30)31-2)14-13-17-9-5-3-6-10-17)22(27)26-20-12-8-4-7-11-18(20)15-21(26)23(28)29/h3,5-6,9-10,16,18-21,25H,4,7-8,11-15H2,1-2H3,(H,28,29)/t16-,18?,19?,20?,21?/m0/s1. The third-order valence-electron chi connectivity index (χ3n) is 6.75. The number of benzene rings is 1. The molecule has 1 saturated heterocycles. The van der Waals surface area contributed by atoms with Crippen LogP contribution in [0.1, 0.15) is 57.4 Å². The Morgan fingerprint density at radius 2 is 1.87 bits per heavy atom. The SMILES string of the molecule is COC(=O)C(CCc1ccccc1)N[C@@H](C)C(=O)N1C(C(=O)O)CC2CCCCCC21. The minimum atomic E-state index is -0.942. The zero-order chi connectivity index (χ0) is 22.4. The second kappa shape index (κ2) is 10.8. The van der Waals surface area contributed by atoms with Crippen LogP contribution in [0, 0.1) is 5.92 Å². The van der Waals surface area contributed by atoms with Crippen LogP contribution >= 0.6 is 0 Å². The zero-order valence-electron chi connectivity index (χ0n) is 18.5. The van der Waals surface area contributed by atoms with Gasteiger partial charge in [0, 0.05) is 6.04 Å². The molecule has 7 heteroatoms. The van der Waals surface area contributed by atoms with Gasteiger partial charge in [0.1, 0.15) is 12.1 Å². The Bertz CT molecular complexity index is 768. The average molecular weight is 431 g/mol. The molecule has 1 saturated carbocycles. The van der Waals surface area contributed by atoms with Crippen LogP contribution in [-0.2, 0) is 25.5 Å².